The maximum absolute atomic E-state index is 13.4. The van der Waals surface area contributed by atoms with Crippen molar-refractivity contribution >= 4 is 50.0 Å². The topological polar surface area (TPSA) is 104 Å². The number of halogens is 1. The first-order valence-corrected chi connectivity index (χ1v) is 14.5. The van der Waals surface area contributed by atoms with E-state index in [9.17, 15) is 14.7 Å². The van der Waals surface area contributed by atoms with E-state index in [4.69, 9.17) is 4.98 Å². The van der Waals surface area contributed by atoms with Gasteiger partial charge >= 0.3 is 0 Å². The van der Waals surface area contributed by atoms with Crippen molar-refractivity contribution in [1.82, 2.24) is 10.4 Å². The summed E-state index contributed by atoms with van der Waals surface area (Å²) in [6.45, 7) is 8.18. The van der Waals surface area contributed by atoms with Gasteiger partial charge in [0.05, 0.1) is 22.5 Å². The molecule has 2 amide bonds. The van der Waals surface area contributed by atoms with Crippen LogP contribution in [-0.4, -0.2) is 27.6 Å². The Labute approximate surface area is 258 Å². The molecule has 0 unspecified atom stereocenters. The van der Waals surface area contributed by atoms with Crippen molar-refractivity contribution < 1.29 is 14.7 Å². The van der Waals surface area contributed by atoms with E-state index in [-0.39, 0.29) is 17.1 Å². The largest absolute Gasteiger partial charge is 0.508 e. The van der Waals surface area contributed by atoms with Crippen molar-refractivity contribution in [3.8, 4) is 17.0 Å². The number of nitrogens with one attached hydrogen (secondary N) is 2. The molecule has 0 saturated heterocycles. The van der Waals surface area contributed by atoms with Gasteiger partial charge in [-0.3, -0.25) is 9.59 Å². The predicted molar refractivity (Wildman–Crippen MR) is 176 cm³/mol. The van der Waals surface area contributed by atoms with Gasteiger partial charge in [-0.1, -0.05) is 61.0 Å². The standard InChI is InChI=1S/C35H31BrN4O3/c1-21(24-6-5-7-27(18-24)37-33(42)23-8-12-25(13-9-23)35(2,3)4)39-40-34(43)30-20-32(22-10-15-28(41)16-11-22)38-31-17-14-26(36)19-29(30)31/h5-20,41H,1-4H3,(H,37,42)(H,40,43). The number of benzene rings is 4. The molecule has 0 bridgehead atoms. The molecule has 0 aliphatic carbocycles. The molecule has 3 N–H and O–H groups in total. The lowest BCUT2D eigenvalue weighted by Gasteiger charge is -2.19. The summed E-state index contributed by atoms with van der Waals surface area (Å²) in [5, 5.41) is 17.7. The van der Waals surface area contributed by atoms with Gasteiger partial charge in [0.15, 0.2) is 0 Å². The third-order valence-corrected chi connectivity index (χ3v) is 7.55. The summed E-state index contributed by atoms with van der Waals surface area (Å²) in [5.74, 6) is -0.455. The average Bonchev–Trinajstić information content (AvgIpc) is 2.99. The Balaban J connectivity index is 1.35. The lowest BCUT2D eigenvalue weighted by atomic mass is 9.87. The summed E-state index contributed by atoms with van der Waals surface area (Å²) in [6, 6.07) is 28.8. The quantitative estimate of drug-likeness (QED) is 0.130. The molecule has 43 heavy (non-hydrogen) atoms. The first kappa shape index (κ1) is 29.7. The van der Waals surface area contributed by atoms with Crippen molar-refractivity contribution in [1.29, 1.82) is 0 Å². The number of carbonyl (C=O) groups excluding carboxylic acids is 2. The fourth-order valence-electron chi connectivity index (χ4n) is 4.57. The number of anilines is 1. The number of hydrogen-bond acceptors (Lipinski definition) is 5. The van der Waals surface area contributed by atoms with Gasteiger partial charge in [0, 0.05) is 26.7 Å². The van der Waals surface area contributed by atoms with E-state index in [1.807, 2.05) is 66.7 Å². The highest BCUT2D eigenvalue weighted by atomic mass is 79.9. The highest BCUT2D eigenvalue weighted by Crippen LogP contribution is 2.28. The maximum atomic E-state index is 13.4. The van der Waals surface area contributed by atoms with E-state index in [0.717, 1.165) is 21.2 Å². The normalized spacial score (nSPS) is 11.8. The molecule has 7 nitrogen and oxygen atoms in total. The van der Waals surface area contributed by atoms with E-state index in [2.05, 4.69) is 52.5 Å². The Morgan fingerprint density at radius 1 is 0.837 bits per heavy atom. The molecule has 0 aliphatic rings. The van der Waals surface area contributed by atoms with Gasteiger partial charge in [-0.15, -0.1) is 0 Å². The second-order valence-electron chi connectivity index (χ2n) is 11.3. The van der Waals surface area contributed by atoms with Crippen LogP contribution in [0.2, 0.25) is 0 Å². The molecule has 4 aromatic carbocycles. The highest BCUT2D eigenvalue weighted by molar-refractivity contribution is 9.10. The van der Waals surface area contributed by atoms with Crippen LogP contribution in [0.4, 0.5) is 5.69 Å². The number of carbonyl (C=O) groups is 2. The maximum Gasteiger partial charge on any atom is 0.272 e. The number of rotatable bonds is 6. The molecule has 0 saturated carbocycles. The summed E-state index contributed by atoms with van der Waals surface area (Å²) < 4.78 is 0.817. The fourth-order valence-corrected chi connectivity index (χ4v) is 4.93. The van der Waals surface area contributed by atoms with Gasteiger partial charge < -0.3 is 10.4 Å². The molecular weight excluding hydrogens is 604 g/mol. The molecule has 0 radical (unpaired) electrons. The van der Waals surface area contributed by atoms with E-state index in [1.54, 1.807) is 37.3 Å². The second kappa shape index (κ2) is 12.2. The van der Waals surface area contributed by atoms with Crippen molar-refractivity contribution in [2.24, 2.45) is 5.10 Å². The van der Waals surface area contributed by atoms with E-state index >= 15 is 0 Å². The summed E-state index contributed by atoms with van der Waals surface area (Å²) in [5.41, 5.74) is 8.75. The van der Waals surface area contributed by atoms with E-state index in [1.165, 1.54) is 0 Å². The molecule has 0 aliphatic heterocycles. The molecule has 216 valence electrons. The molecular formula is C35H31BrN4O3. The lowest BCUT2D eigenvalue weighted by Crippen LogP contribution is -2.20. The number of aromatic nitrogens is 1. The van der Waals surface area contributed by atoms with E-state index < -0.39 is 5.91 Å². The first-order chi connectivity index (χ1) is 20.5. The predicted octanol–water partition coefficient (Wildman–Crippen LogP) is 8.07. The number of hydrazone groups is 1. The van der Waals surface area contributed by atoms with Crippen LogP contribution >= 0.6 is 15.9 Å². The van der Waals surface area contributed by atoms with Gasteiger partial charge in [0.1, 0.15) is 5.75 Å². The summed E-state index contributed by atoms with van der Waals surface area (Å²) >= 11 is 3.48. The minimum atomic E-state index is -0.395. The molecule has 0 fully saturated rings. The number of fused-ring (bicyclic) bond motifs is 1. The van der Waals surface area contributed by atoms with Gasteiger partial charge in [0.2, 0.25) is 0 Å². The van der Waals surface area contributed by atoms with Crippen LogP contribution in [-0.2, 0) is 5.41 Å². The van der Waals surface area contributed by atoms with Crippen molar-refractivity contribution in [3.05, 3.63) is 124 Å². The SMILES string of the molecule is CC(=NNC(=O)c1cc(-c2ccc(O)cc2)nc2ccc(Br)cc12)c1cccc(NC(=O)c2ccc(C(C)(C)C)cc2)c1. The third-order valence-electron chi connectivity index (χ3n) is 7.05. The molecule has 5 rings (SSSR count). The molecule has 1 aromatic heterocycles. The Morgan fingerprint density at radius 2 is 1.56 bits per heavy atom. The van der Waals surface area contributed by atoms with Crippen LogP contribution in [0, 0.1) is 0 Å². The number of phenols is 1. The van der Waals surface area contributed by atoms with Crippen LogP contribution in [0.1, 0.15) is 59.5 Å². The minimum Gasteiger partial charge on any atom is -0.508 e. The number of aromatic hydroxyl groups is 1. The van der Waals surface area contributed by atoms with Crippen molar-refractivity contribution in [2.75, 3.05) is 5.32 Å². The molecule has 1 heterocycles. The Bertz CT molecular complexity index is 1860. The summed E-state index contributed by atoms with van der Waals surface area (Å²) in [7, 11) is 0. The molecule has 5 aromatic rings. The Morgan fingerprint density at radius 3 is 2.26 bits per heavy atom. The molecule has 0 spiro atoms. The summed E-state index contributed by atoms with van der Waals surface area (Å²) in [4.78, 5) is 31.0. The Kier molecular flexibility index (Phi) is 8.41. The molecule has 8 heteroatoms. The van der Waals surface area contributed by atoms with Gasteiger partial charge in [-0.25, -0.2) is 10.4 Å². The summed E-state index contributed by atoms with van der Waals surface area (Å²) in [6.07, 6.45) is 0. The first-order valence-electron chi connectivity index (χ1n) is 13.7. The smallest absolute Gasteiger partial charge is 0.272 e. The zero-order valence-electron chi connectivity index (χ0n) is 24.3. The minimum absolute atomic E-state index is 0.00597. The number of pyridine rings is 1. The third kappa shape index (κ3) is 6.98. The van der Waals surface area contributed by atoms with Gasteiger partial charge in [-0.05, 0) is 96.3 Å². The fraction of sp³-hybridized carbons (Fsp3) is 0.143. The highest BCUT2D eigenvalue weighted by Gasteiger charge is 2.16. The average molecular weight is 636 g/mol. The number of phenolic OH excluding ortho intramolecular Hbond substituents is 1. The Hall–Kier alpha value is -4.82. The van der Waals surface area contributed by atoms with E-state index in [0.29, 0.717) is 39.1 Å². The lowest BCUT2D eigenvalue weighted by molar-refractivity contribution is 0.0955. The van der Waals surface area contributed by atoms with Gasteiger partial charge in [0.25, 0.3) is 11.8 Å². The van der Waals surface area contributed by atoms with Crippen LogP contribution in [0.15, 0.2) is 107 Å². The second-order valence-corrected chi connectivity index (χ2v) is 12.2. The number of hydrogen-bond donors (Lipinski definition) is 3. The van der Waals surface area contributed by atoms with Crippen LogP contribution < -0.4 is 10.7 Å². The van der Waals surface area contributed by atoms with Crippen molar-refractivity contribution in [3.63, 3.8) is 0 Å². The molecule has 0 atom stereocenters. The van der Waals surface area contributed by atoms with Crippen LogP contribution in [0.5, 0.6) is 5.75 Å². The zero-order valence-corrected chi connectivity index (χ0v) is 25.9. The van der Waals surface area contributed by atoms with Crippen molar-refractivity contribution in [2.45, 2.75) is 33.1 Å². The number of amides is 2. The van der Waals surface area contributed by atoms with Gasteiger partial charge in [-0.2, -0.15) is 5.10 Å². The monoisotopic (exact) mass is 634 g/mol. The van der Waals surface area contributed by atoms with Crippen LogP contribution in [0.25, 0.3) is 22.2 Å². The zero-order chi connectivity index (χ0) is 30.7. The number of nitrogens with zero attached hydrogens (tertiary/aromatic N) is 2. The van der Waals surface area contributed by atoms with Crippen LogP contribution in [0.3, 0.4) is 0 Å².